The van der Waals surface area contributed by atoms with Gasteiger partial charge in [-0.2, -0.15) is 0 Å². The molecule has 1 aliphatic heterocycles. The molecule has 0 bridgehead atoms. The van der Waals surface area contributed by atoms with Crippen LogP contribution >= 0.6 is 0 Å². The van der Waals surface area contributed by atoms with E-state index in [-0.39, 0.29) is 23.8 Å². The summed E-state index contributed by atoms with van der Waals surface area (Å²) in [6, 6.07) is 7.09. The summed E-state index contributed by atoms with van der Waals surface area (Å²) >= 11 is 0. The van der Waals surface area contributed by atoms with Gasteiger partial charge in [0.1, 0.15) is 0 Å². The van der Waals surface area contributed by atoms with E-state index in [1.54, 1.807) is 29.2 Å². The number of carbonyl (C=O) groups excluding carboxylic acids is 3. The fourth-order valence-corrected chi connectivity index (χ4v) is 3.16. The number of esters is 1. The Morgan fingerprint density at radius 1 is 1.07 bits per heavy atom. The van der Waals surface area contributed by atoms with E-state index in [9.17, 15) is 14.4 Å². The summed E-state index contributed by atoms with van der Waals surface area (Å²) in [5.74, 6) is -0.493. The Bertz CT molecular complexity index is 692. The first kappa shape index (κ1) is 20.2. The second-order valence-corrected chi connectivity index (χ2v) is 7.54. The Morgan fingerprint density at radius 3 is 2.36 bits per heavy atom. The highest BCUT2D eigenvalue weighted by atomic mass is 16.5. The first-order valence-corrected chi connectivity index (χ1v) is 10.2. The molecule has 1 aromatic carbocycles. The highest BCUT2D eigenvalue weighted by Gasteiger charge is 2.30. The van der Waals surface area contributed by atoms with Crippen molar-refractivity contribution in [1.29, 1.82) is 0 Å². The molecule has 3 amide bonds. The van der Waals surface area contributed by atoms with E-state index < -0.39 is 0 Å². The lowest BCUT2D eigenvalue weighted by molar-refractivity contribution is -0.121. The minimum atomic E-state index is -0.344. The Kier molecular flexibility index (Phi) is 6.90. The molecular formula is C21H29N3O4. The van der Waals surface area contributed by atoms with E-state index in [2.05, 4.69) is 10.6 Å². The first-order valence-electron chi connectivity index (χ1n) is 10.2. The summed E-state index contributed by atoms with van der Waals surface area (Å²) in [5, 5.41) is 5.89. The van der Waals surface area contributed by atoms with Crippen molar-refractivity contribution >= 4 is 23.6 Å². The number of benzene rings is 1. The monoisotopic (exact) mass is 387 g/mol. The second kappa shape index (κ2) is 9.57. The van der Waals surface area contributed by atoms with Crippen molar-refractivity contribution in [3.05, 3.63) is 29.8 Å². The fourth-order valence-electron chi connectivity index (χ4n) is 3.16. The molecule has 2 N–H and O–H groups in total. The lowest BCUT2D eigenvalue weighted by Crippen LogP contribution is -2.46. The standard InChI is InChI=1S/C21H29N3O4/c1-2-3-14-28-20(26)16-4-6-17(7-5-16)22-19(25)15-10-12-24(13-11-15)21(27)23-18-8-9-18/h4-7,15,18H,2-3,8-14H2,1H3,(H,22,25)(H,23,27). The second-order valence-electron chi connectivity index (χ2n) is 7.54. The number of likely N-dealkylation sites (tertiary alicyclic amines) is 1. The van der Waals surface area contributed by atoms with Gasteiger partial charge >= 0.3 is 12.0 Å². The maximum atomic E-state index is 12.5. The number of nitrogens with zero attached hydrogens (tertiary/aromatic N) is 1. The number of hydrogen-bond donors (Lipinski definition) is 2. The zero-order valence-electron chi connectivity index (χ0n) is 16.4. The van der Waals surface area contributed by atoms with Crippen LogP contribution in [0.2, 0.25) is 0 Å². The van der Waals surface area contributed by atoms with Gasteiger partial charge in [0, 0.05) is 30.7 Å². The van der Waals surface area contributed by atoms with Gasteiger partial charge in [-0.3, -0.25) is 4.79 Å². The summed E-state index contributed by atoms with van der Waals surface area (Å²) in [4.78, 5) is 38.3. The Hall–Kier alpha value is -2.57. The minimum absolute atomic E-state index is 0.0113. The summed E-state index contributed by atoms with van der Waals surface area (Å²) in [6.45, 7) is 3.65. The third-order valence-electron chi connectivity index (χ3n) is 5.18. The van der Waals surface area contributed by atoms with Gasteiger partial charge in [0.2, 0.25) is 5.91 Å². The van der Waals surface area contributed by atoms with Crippen LogP contribution in [0, 0.1) is 5.92 Å². The van der Waals surface area contributed by atoms with Crippen LogP contribution in [0.4, 0.5) is 10.5 Å². The van der Waals surface area contributed by atoms with Crippen molar-refractivity contribution in [2.24, 2.45) is 5.92 Å². The molecule has 7 nitrogen and oxygen atoms in total. The molecule has 7 heteroatoms. The van der Waals surface area contributed by atoms with Crippen molar-refractivity contribution in [3.63, 3.8) is 0 Å². The van der Waals surface area contributed by atoms with Crippen molar-refractivity contribution < 1.29 is 19.1 Å². The molecule has 2 fully saturated rings. The average molecular weight is 387 g/mol. The van der Waals surface area contributed by atoms with Crippen molar-refractivity contribution in [2.45, 2.75) is 51.5 Å². The van der Waals surface area contributed by atoms with Gasteiger partial charge in [-0.25, -0.2) is 9.59 Å². The Morgan fingerprint density at radius 2 is 1.75 bits per heavy atom. The van der Waals surface area contributed by atoms with Crippen LogP contribution in [-0.4, -0.2) is 48.5 Å². The van der Waals surface area contributed by atoms with Crippen LogP contribution in [-0.2, 0) is 9.53 Å². The predicted octanol–water partition coefficient (Wildman–Crippen LogP) is 3.17. The van der Waals surface area contributed by atoms with Crippen molar-refractivity contribution in [2.75, 3.05) is 25.0 Å². The molecule has 1 saturated carbocycles. The number of hydrogen-bond acceptors (Lipinski definition) is 4. The largest absolute Gasteiger partial charge is 0.462 e. The van der Waals surface area contributed by atoms with E-state index in [4.69, 9.17) is 4.74 Å². The van der Waals surface area contributed by atoms with Crippen LogP contribution in [0.15, 0.2) is 24.3 Å². The van der Waals surface area contributed by atoms with Crippen LogP contribution in [0.1, 0.15) is 55.8 Å². The summed E-state index contributed by atoms with van der Waals surface area (Å²) in [5.41, 5.74) is 1.13. The van der Waals surface area contributed by atoms with Crippen LogP contribution < -0.4 is 10.6 Å². The van der Waals surface area contributed by atoms with E-state index in [0.717, 1.165) is 25.7 Å². The number of rotatable bonds is 7. The number of carbonyl (C=O) groups is 3. The van der Waals surface area contributed by atoms with Crippen LogP contribution in [0.5, 0.6) is 0 Å². The lowest BCUT2D eigenvalue weighted by Gasteiger charge is -2.31. The van der Waals surface area contributed by atoms with E-state index >= 15 is 0 Å². The normalized spacial score (nSPS) is 17.1. The Balaban J connectivity index is 1.43. The van der Waals surface area contributed by atoms with Crippen LogP contribution in [0.3, 0.4) is 0 Å². The summed E-state index contributed by atoms with van der Waals surface area (Å²) < 4.78 is 5.18. The maximum Gasteiger partial charge on any atom is 0.338 e. The zero-order chi connectivity index (χ0) is 19.9. The molecule has 3 rings (SSSR count). The van der Waals surface area contributed by atoms with Crippen molar-refractivity contribution in [3.8, 4) is 0 Å². The smallest absolute Gasteiger partial charge is 0.338 e. The number of unbranched alkanes of at least 4 members (excludes halogenated alkanes) is 1. The molecule has 0 radical (unpaired) electrons. The quantitative estimate of drug-likeness (QED) is 0.556. The number of nitrogens with one attached hydrogen (secondary N) is 2. The van der Waals surface area contributed by atoms with Gasteiger partial charge in [-0.15, -0.1) is 0 Å². The molecule has 0 spiro atoms. The SMILES string of the molecule is CCCCOC(=O)c1ccc(NC(=O)C2CCN(C(=O)NC3CC3)CC2)cc1. The van der Waals surface area contributed by atoms with Gasteiger partial charge in [-0.05, 0) is 56.4 Å². The van der Waals surface area contributed by atoms with Gasteiger partial charge < -0.3 is 20.3 Å². The molecule has 0 aromatic heterocycles. The predicted molar refractivity (Wildman–Crippen MR) is 106 cm³/mol. The zero-order valence-corrected chi connectivity index (χ0v) is 16.4. The number of piperidine rings is 1. The first-order chi connectivity index (χ1) is 13.6. The maximum absolute atomic E-state index is 12.5. The molecule has 28 heavy (non-hydrogen) atoms. The topological polar surface area (TPSA) is 87.7 Å². The summed E-state index contributed by atoms with van der Waals surface area (Å²) in [6.07, 6.45) is 5.28. The van der Waals surface area contributed by atoms with Gasteiger partial charge in [0.05, 0.1) is 12.2 Å². The molecule has 1 aromatic rings. The number of amides is 3. The average Bonchev–Trinajstić information content (AvgIpc) is 3.52. The minimum Gasteiger partial charge on any atom is -0.462 e. The van der Waals surface area contributed by atoms with Crippen LogP contribution in [0.25, 0.3) is 0 Å². The van der Waals surface area contributed by atoms with Gasteiger partial charge in [-0.1, -0.05) is 13.3 Å². The number of urea groups is 1. The highest BCUT2D eigenvalue weighted by Crippen LogP contribution is 2.22. The van der Waals surface area contributed by atoms with Gasteiger partial charge in [0.15, 0.2) is 0 Å². The molecule has 2 aliphatic rings. The highest BCUT2D eigenvalue weighted by molar-refractivity contribution is 5.94. The molecule has 152 valence electrons. The lowest BCUT2D eigenvalue weighted by atomic mass is 9.96. The summed E-state index contributed by atoms with van der Waals surface area (Å²) in [7, 11) is 0. The van der Waals surface area contributed by atoms with E-state index in [1.807, 2.05) is 6.92 Å². The fraction of sp³-hybridized carbons (Fsp3) is 0.571. The molecular weight excluding hydrogens is 358 g/mol. The Labute approximate surface area is 165 Å². The molecule has 0 atom stereocenters. The van der Waals surface area contributed by atoms with E-state index in [1.165, 1.54) is 0 Å². The van der Waals surface area contributed by atoms with E-state index in [0.29, 0.717) is 49.8 Å². The molecule has 0 unspecified atom stereocenters. The van der Waals surface area contributed by atoms with Crippen molar-refractivity contribution in [1.82, 2.24) is 10.2 Å². The third-order valence-corrected chi connectivity index (χ3v) is 5.18. The number of ether oxygens (including phenoxy) is 1. The third kappa shape index (κ3) is 5.71. The molecule has 1 heterocycles. The van der Waals surface area contributed by atoms with Gasteiger partial charge in [0.25, 0.3) is 0 Å². The number of anilines is 1. The molecule has 1 saturated heterocycles. The molecule has 1 aliphatic carbocycles.